The smallest absolute Gasteiger partial charge is 0.196 e. The molecule has 0 saturated carbocycles. The number of aryl methyl sites for hydroxylation is 2. The summed E-state index contributed by atoms with van der Waals surface area (Å²) in [5, 5.41) is 18.4. The predicted molar refractivity (Wildman–Crippen MR) is 115 cm³/mol. The number of carbonyl (C=O) groups excluding carboxylic acids is 1. The summed E-state index contributed by atoms with van der Waals surface area (Å²) in [6.45, 7) is 5.66. The number of hydrogen-bond donors (Lipinski definition) is 1. The summed E-state index contributed by atoms with van der Waals surface area (Å²) < 4.78 is 1.94. The van der Waals surface area contributed by atoms with Gasteiger partial charge < -0.3 is 5.73 Å². The topological polar surface area (TPSA) is 97.6 Å². The van der Waals surface area contributed by atoms with Gasteiger partial charge >= 0.3 is 0 Å². The molecule has 0 atom stereocenters. The van der Waals surface area contributed by atoms with Crippen LogP contribution in [0, 0.1) is 25.2 Å². The van der Waals surface area contributed by atoms with Gasteiger partial charge in [0.2, 0.25) is 0 Å². The van der Waals surface area contributed by atoms with E-state index in [1.807, 2.05) is 53.1 Å². The molecular weight excluding hydrogens is 382 g/mol. The van der Waals surface area contributed by atoms with Gasteiger partial charge in [0.1, 0.15) is 11.6 Å². The Morgan fingerprint density at radius 2 is 1.86 bits per heavy atom. The van der Waals surface area contributed by atoms with Crippen LogP contribution in [0.25, 0.3) is 17.1 Å². The Kier molecular flexibility index (Phi) is 6.15. The maximum Gasteiger partial charge on any atom is 0.196 e. The second-order valence-corrected chi connectivity index (χ2v) is 7.60. The highest BCUT2D eigenvalue weighted by Crippen LogP contribution is 2.29. The van der Waals surface area contributed by atoms with Gasteiger partial charge in [0.25, 0.3) is 0 Å². The fraction of sp³-hybridized carbons (Fsp3) is 0.182. The number of rotatable bonds is 6. The number of nitriles is 1. The molecule has 0 radical (unpaired) electrons. The number of Topliss-reactive ketones (excluding diaryl/α,β-unsaturated/α-hetero) is 1. The fourth-order valence-electron chi connectivity index (χ4n) is 2.81. The molecule has 3 rings (SSSR count). The highest BCUT2D eigenvalue weighted by atomic mass is 32.2. The number of thioether (sulfide) groups is 1. The normalized spacial score (nSPS) is 11.7. The third kappa shape index (κ3) is 4.39. The summed E-state index contributed by atoms with van der Waals surface area (Å²) in [5.74, 6) is 0.415. The first-order chi connectivity index (χ1) is 13.9. The molecule has 3 aromatic rings. The molecule has 2 N–H and O–H groups in total. The van der Waals surface area contributed by atoms with Crippen LogP contribution in [0.2, 0.25) is 0 Å². The van der Waals surface area contributed by atoms with Crippen molar-refractivity contribution in [2.75, 3.05) is 5.75 Å². The van der Waals surface area contributed by atoms with Crippen LogP contribution in [-0.4, -0.2) is 26.3 Å². The van der Waals surface area contributed by atoms with Crippen molar-refractivity contribution in [3.63, 3.8) is 0 Å². The lowest BCUT2D eigenvalue weighted by Crippen LogP contribution is -2.11. The first kappa shape index (κ1) is 20.4. The summed E-state index contributed by atoms with van der Waals surface area (Å²) in [7, 11) is 0. The number of nitrogens with two attached hydrogens (primary N) is 1. The average Bonchev–Trinajstić information content (AvgIpc) is 3.13. The van der Waals surface area contributed by atoms with Crippen LogP contribution in [-0.2, 0) is 4.79 Å². The molecule has 0 amide bonds. The first-order valence-electron chi connectivity index (χ1n) is 9.03. The molecule has 0 saturated heterocycles. The Balaban J connectivity index is 2.03. The maximum absolute atomic E-state index is 12.4. The zero-order valence-corrected chi connectivity index (χ0v) is 17.3. The molecule has 29 heavy (non-hydrogen) atoms. The summed E-state index contributed by atoms with van der Waals surface area (Å²) in [6, 6.07) is 17.8. The Labute approximate surface area is 174 Å². The van der Waals surface area contributed by atoms with Gasteiger partial charge in [-0.1, -0.05) is 48.2 Å². The monoisotopic (exact) mass is 403 g/mol. The maximum atomic E-state index is 12.4. The SMILES string of the molecule is C/C(N)=C(\C#N)C(=O)CSc1nnc(-c2ccccc2)n1-c1ccc(C)c(C)c1. The van der Waals surface area contributed by atoms with E-state index in [2.05, 4.69) is 30.1 Å². The number of ketones is 1. The number of allylic oxidation sites excluding steroid dienone is 2. The molecular formula is C22H21N5OS. The second-order valence-electron chi connectivity index (χ2n) is 6.66. The lowest BCUT2D eigenvalue weighted by Gasteiger charge is -2.12. The highest BCUT2D eigenvalue weighted by Gasteiger charge is 2.19. The van der Waals surface area contributed by atoms with E-state index in [9.17, 15) is 4.79 Å². The van der Waals surface area contributed by atoms with Crippen LogP contribution in [0.15, 0.2) is 65.0 Å². The largest absolute Gasteiger partial charge is 0.401 e. The molecule has 0 bridgehead atoms. The molecule has 1 heterocycles. The Morgan fingerprint density at radius 3 is 2.48 bits per heavy atom. The Morgan fingerprint density at radius 1 is 1.14 bits per heavy atom. The molecule has 0 fully saturated rings. The molecule has 0 aliphatic carbocycles. The fourth-order valence-corrected chi connectivity index (χ4v) is 3.63. The molecule has 146 valence electrons. The molecule has 1 aromatic heterocycles. The summed E-state index contributed by atoms with van der Waals surface area (Å²) in [4.78, 5) is 12.4. The van der Waals surface area contributed by atoms with Gasteiger partial charge in [-0.05, 0) is 44.0 Å². The second kappa shape index (κ2) is 8.76. The zero-order valence-electron chi connectivity index (χ0n) is 16.5. The molecule has 0 spiro atoms. The number of aromatic nitrogens is 3. The van der Waals surface area contributed by atoms with Crippen molar-refractivity contribution in [2.24, 2.45) is 5.73 Å². The van der Waals surface area contributed by atoms with E-state index in [0.717, 1.165) is 16.8 Å². The van der Waals surface area contributed by atoms with E-state index in [-0.39, 0.29) is 22.8 Å². The van der Waals surface area contributed by atoms with Crippen molar-refractivity contribution in [2.45, 2.75) is 25.9 Å². The van der Waals surface area contributed by atoms with Crippen LogP contribution < -0.4 is 5.73 Å². The highest BCUT2D eigenvalue weighted by molar-refractivity contribution is 7.99. The van der Waals surface area contributed by atoms with Gasteiger partial charge in [-0.25, -0.2) is 0 Å². The third-order valence-electron chi connectivity index (χ3n) is 4.53. The molecule has 6 nitrogen and oxygen atoms in total. The number of nitrogens with zero attached hydrogens (tertiary/aromatic N) is 4. The van der Waals surface area contributed by atoms with Gasteiger partial charge in [0.15, 0.2) is 16.8 Å². The van der Waals surface area contributed by atoms with E-state index in [1.54, 1.807) is 6.92 Å². The van der Waals surface area contributed by atoms with Crippen LogP contribution in [0.5, 0.6) is 0 Å². The van der Waals surface area contributed by atoms with Gasteiger partial charge in [-0.15, -0.1) is 10.2 Å². The lowest BCUT2D eigenvalue weighted by atomic mass is 10.1. The summed E-state index contributed by atoms with van der Waals surface area (Å²) >= 11 is 1.24. The minimum Gasteiger partial charge on any atom is -0.401 e. The van der Waals surface area contributed by atoms with Crippen LogP contribution in [0.4, 0.5) is 0 Å². The molecule has 2 aromatic carbocycles. The van der Waals surface area contributed by atoms with Crippen molar-refractivity contribution >= 4 is 17.5 Å². The van der Waals surface area contributed by atoms with Gasteiger partial charge in [0, 0.05) is 11.3 Å². The Bertz CT molecular complexity index is 1120. The van der Waals surface area contributed by atoms with E-state index in [4.69, 9.17) is 11.0 Å². The van der Waals surface area contributed by atoms with Gasteiger partial charge in [0.05, 0.1) is 11.4 Å². The standard InChI is InChI=1S/C22H21N5OS/c1-14-9-10-18(11-15(14)2)27-21(17-7-5-4-6-8-17)25-26-22(27)29-13-20(28)19(12-23)16(3)24/h4-11H,13,24H2,1-3H3/b19-16-. The van der Waals surface area contributed by atoms with E-state index in [1.165, 1.54) is 17.3 Å². The van der Waals surface area contributed by atoms with Crippen LogP contribution in [0.3, 0.4) is 0 Å². The molecule has 0 unspecified atom stereocenters. The van der Waals surface area contributed by atoms with E-state index >= 15 is 0 Å². The predicted octanol–water partition coefficient (Wildman–Crippen LogP) is 3.97. The lowest BCUT2D eigenvalue weighted by molar-refractivity contribution is -0.112. The van der Waals surface area contributed by atoms with Crippen molar-refractivity contribution < 1.29 is 4.79 Å². The van der Waals surface area contributed by atoms with Gasteiger partial charge in [-0.3, -0.25) is 9.36 Å². The quantitative estimate of drug-likeness (QED) is 0.380. The summed E-state index contributed by atoms with van der Waals surface area (Å²) in [5.41, 5.74) is 10.0. The third-order valence-corrected chi connectivity index (χ3v) is 5.46. The average molecular weight is 404 g/mol. The van der Waals surface area contributed by atoms with Crippen LogP contribution >= 0.6 is 11.8 Å². The van der Waals surface area contributed by atoms with Crippen molar-refractivity contribution in [1.82, 2.24) is 14.8 Å². The molecule has 7 heteroatoms. The van der Waals surface area contributed by atoms with E-state index < -0.39 is 0 Å². The van der Waals surface area contributed by atoms with Crippen molar-refractivity contribution in [1.29, 1.82) is 5.26 Å². The van der Waals surface area contributed by atoms with Crippen LogP contribution in [0.1, 0.15) is 18.1 Å². The minimum atomic E-state index is -0.326. The van der Waals surface area contributed by atoms with Gasteiger partial charge in [-0.2, -0.15) is 5.26 Å². The minimum absolute atomic E-state index is 0.0157. The number of benzene rings is 2. The summed E-state index contributed by atoms with van der Waals surface area (Å²) in [6.07, 6.45) is 0. The van der Waals surface area contributed by atoms with Crippen molar-refractivity contribution in [3.05, 3.63) is 70.9 Å². The number of hydrogen-bond acceptors (Lipinski definition) is 6. The van der Waals surface area contributed by atoms with E-state index in [0.29, 0.717) is 11.0 Å². The molecule has 0 aliphatic rings. The first-order valence-corrected chi connectivity index (χ1v) is 10.0. The van der Waals surface area contributed by atoms with Crippen molar-refractivity contribution in [3.8, 4) is 23.1 Å². The Hall–Kier alpha value is -3.37. The number of carbonyl (C=O) groups is 1. The molecule has 0 aliphatic heterocycles. The zero-order chi connectivity index (χ0) is 21.0.